The molecule has 0 aliphatic heterocycles. The lowest BCUT2D eigenvalue weighted by Crippen LogP contribution is -2.37. The van der Waals surface area contributed by atoms with Crippen molar-refractivity contribution >= 4 is 11.2 Å². The van der Waals surface area contributed by atoms with Gasteiger partial charge in [-0.05, 0) is 6.42 Å². The van der Waals surface area contributed by atoms with Crippen LogP contribution in [-0.2, 0) is 27.1 Å². The minimum absolute atomic E-state index is 0.261. The summed E-state index contributed by atoms with van der Waals surface area (Å²) in [5.74, 6) is 1.04. The molecular weight excluding hydrogens is 288 g/mol. The fourth-order valence-electron chi connectivity index (χ4n) is 2.34. The van der Waals surface area contributed by atoms with Crippen LogP contribution in [0.2, 0.25) is 0 Å². The van der Waals surface area contributed by atoms with Crippen molar-refractivity contribution in [2.75, 3.05) is 0 Å². The van der Waals surface area contributed by atoms with E-state index in [4.69, 9.17) is 4.52 Å². The Labute approximate surface area is 124 Å². The Kier molecular flexibility index (Phi) is 3.39. The van der Waals surface area contributed by atoms with E-state index < -0.39 is 11.2 Å². The zero-order chi connectivity index (χ0) is 15.9. The molecule has 0 atom stereocenters. The normalized spacial score (nSPS) is 11.4. The highest BCUT2D eigenvalue weighted by molar-refractivity contribution is 5.70. The summed E-state index contributed by atoms with van der Waals surface area (Å²) < 4.78 is 9.15. The molecule has 0 spiro atoms. The molecule has 22 heavy (non-hydrogen) atoms. The van der Waals surface area contributed by atoms with Crippen LogP contribution in [0.4, 0.5) is 0 Å². The van der Waals surface area contributed by atoms with Crippen molar-refractivity contribution in [3.05, 3.63) is 38.9 Å². The molecular formula is C13H16N6O3. The van der Waals surface area contributed by atoms with Gasteiger partial charge in [0, 0.05) is 20.5 Å². The smallest absolute Gasteiger partial charge is 0.332 e. The van der Waals surface area contributed by atoms with E-state index in [1.165, 1.54) is 17.9 Å². The SMILES string of the molecule is CCCc1nc(Cn2cnc3c2c(=O)n(C)c(=O)n3C)no1. The molecule has 0 bridgehead atoms. The van der Waals surface area contributed by atoms with Crippen LogP contribution in [0.1, 0.15) is 25.1 Å². The Morgan fingerprint density at radius 2 is 2.00 bits per heavy atom. The number of aromatic nitrogens is 6. The molecule has 9 nitrogen and oxygen atoms in total. The van der Waals surface area contributed by atoms with Gasteiger partial charge >= 0.3 is 5.69 Å². The topological polar surface area (TPSA) is 101 Å². The number of nitrogens with zero attached hydrogens (tertiary/aromatic N) is 6. The Morgan fingerprint density at radius 3 is 2.73 bits per heavy atom. The number of hydrogen-bond donors (Lipinski definition) is 0. The lowest BCUT2D eigenvalue weighted by molar-refractivity contribution is 0.371. The lowest BCUT2D eigenvalue weighted by atomic mass is 10.3. The van der Waals surface area contributed by atoms with Crippen molar-refractivity contribution in [3.8, 4) is 0 Å². The van der Waals surface area contributed by atoms with Gasteiger partial charge in [0.25, 0.3) is 5.56 Å². The van der Waals surface area contributed by atoms with E-state index in [2.05, 4.69) is 15.1 Å². The molecule has 116 valence electrons. The summed E-state index contributed by atoms with van der Waals surface area (Å²) in [6.45, 7) is 2.29. The summed E-state index contributed by atoms with van der Waals surface area (Å²) >= 11 is 0. The molecule has 0 saturated heterocycles. The Balaban J connectivity index is 2.08. The summed E-state index contributed by atoms with van der Waals surface area (Å²) in [6.07, 6.45) is 3.13. The van der Waals surface area contributed by atoms with Gasteiger partial charge in [-0.25, -0.2) is 9.78 Å². The third-order valence-electron chi connectivity index (χ3n) is 3.50. The molecule has 0 radical (unpaired) electrons. The summed E-state index contributed by atoms with van der Waals surface area (Å²) in [4.78, 5) is 32.6. The summed E-state index contributed by atoms with van der Waals surface area (Å²) in [7, 11) is 3.02. The highest BCUT2D eigenvalue weighted by atomic mass is 16.5. The van der Waals surface area contributed by atoms with Gasteiger partial charge < -0.3 is 9.09 Å². The van der Waals surface area contributed by atoms with Gasteiger partial charge in [0.1, 0.15) is 0 Å². The van der Waals surface area contributed by atoms with E-state index in [0.29, 0.717) is 29.3 Å². The number of fused-ring (bicyclic) bond motifs is 1. The van der Waals surface area contributed by atoms with E-state index in [9.17, 15) is 9.59 Å². The molecule has 9 heteroatoms. The zero-order valence-electron chi connectivity index (χ0n) is 12.6. The molecule has 0 N–H and O–H groups in total. The third-order valence-corrected chi connectivity index (χ3v) is 3.50. The van der Waals surface area contributed by atoms with Crippen molar-refractivity contribution < 1.29 is 4.52 Å². The highest BCUT2D eigenvalue weighted by Gasteiger charge is 2.16. The van der Waals surface area contributed by atoms with Crippen molar-refractivity contribution in [1.29, 1.82) is 0 Å². The van der Waals surface area contributed by atoms with Crippen LogP contribution in [0, 0.1) is 0 Å². The quantitative estimate of drug-likeness (QED) is 0.662. The predicted octanol–water partition coefficient (Wildman–Crippen LogP) is -0.182. The summed E-state index contributed by atoms with van der Waals surface area (Å²) in [5, 5.41) is 3.90. The first kappa shape index (κ1) is 14.2. The van der Waals surface area contributed by atoms with Crippen molar-refractivity contribution in [2.24, 2.45) is 14.1 Å². The van der Waals surface area contributed by atoms with E-state index in [1.54, 1.807) is 11.6 Å². The predicted molar refractivity (Wildman–Crippen MR) is 77.6 cm³/mol. The molecule has 0 aliphatic carbocycles. The van der Waals surface area contributed by atoms with Crippen LogP contribution in [0.25, 0.3) is 11.2 Å². The maximum atomic E-state index is 12.3. The van der Waals surface area contributed by atoms with Gasteiger partial charge in [-0.1, -0.05) is 12.1 Å². The van der Waals surface area contributed by atoms with Gasteiger partial charge in [-0.15, -0.1) is 0 Å². The van der Waals surface area contributed by atoms with E-state index in [1.807, 2.05) is 6.92 Å². The summed E-state index contributed by atoms with van der Waals surface area (Å²) in [5.41, 5.74) is -0.128. The standard InChI is InChI=1S/C13H16N6O3/c1-4-5-9-15-8(16-22-9)6-19-7-14-11-10(19)12(20)18(3)13(21)17(11)2/h7H,4-6H2,1-3H3. The van der Waals surface area contributed by atoms with Crippen molar-refractivity contribution in [2.45, 2.75) is 26.3 Å². The fourth-order valence-corrected chi connectivity index (χ4v) is 2.34. The molecule has 0 aliphatic rings. The third kappa shape index (κ3) is 2.14. The molecule has 0 saturated carbocycles. The number of hydrogen-bond acceptors (Lipinski definition) is 6. The highest BCUT2D eigenvalue weighted by Crippen LogP contribution is 2.08. The Bertz CT molecular complexity index is 945. The van der Waals surface area contributed by atoms with Gasteiger partial charge in [-0.3, -0.25) is 13.9 Å². The van der Waals surface area contributed by atoms with E-state index in [-0.39, 0.29) is 6.54 Å². The molecule has 0 fully saturated rings. The number of imidazole rings is 1. The first-order valence-corrected chi connectivity index (χ1v) is 6.95. The lowest BCUT2D eigenvalue weighted by Gasteiger charge is -2.04. The second-order valence-electron chi connectivity index (χ2n) is 5.10. The average Bonchev–Trinajstić information content (AvgIpc) is 3.11. The van der Waals surface area contributed by atoms with Crippen LogP contribution in [0.3, 0.4) is 0 Å². The van der Waals surface area contributed by atoms with E-state index in [0.717, 1.165) is 11.0 Å². The second kappa shape index (κ2) is 5.24. The first-order valence-electron chi connectivity index (χ1n) is 6.95. The number of rotatable bonds is 4. The van der Waals surface area contributed by atoms with Crippen LogP contribution in [0.5, 0.6) is 0 Å². The largest absolute Gasteiger partial charge is 0.339 e. The molecule has 3 aromatic heterocycles. The zero-order valence-corrected chi connectivity index (χ0v) is 12.6. The second-order valence-corrected chi connectivity index (χ2v) is 5.10. The Hall–Kier alpha value is -2.71. The molecule has 0 aromatic carbocycles. The van der Waals surface area contributed by atoms with Gasteiger partial charge in [0.15, 0.2) is 17.0 Å². The number of aryl methyl sites for hydroxylation is 2. The van der Waals surface area contributed by atoms with Crippen LogP contribution < -0.4 is 11.2 Å². The van der Waals surface area contributed by atoms with E-state index >= 15 is 0 Å². The van der Waals surface area contributed by atoms with Crippen LogP contribution in [-0.4, -0.2) is 28.8 Å². The van der Waals surface area contributed by atoms with Gasteiger partial charge in [-0.2, -0.15) is 4.98 Å². The molecule has 0 amide bonds. The minimum atomic E-state index is -0.410. The van der Waals surface area contributed by atoms with Gasteiger partial charge in [0.2, 0.25) is 5.89 Å². The van der Waals surface area contributed by atoms with Crippen LogP contribution in [0.15, 0.2) is 20.4 Å². The molecule has 3 rings (SSSR count). The maximum Gasteiger partial charge on any atom is 0.332 e. The van der Waals surface area contributed by atoms with Crippen LogP contribution >= 0.6 is 0 Å². The molecule has 3 heterocycles. The minimum Gasteiger partial charge on any atom is -0.339 e. The molecule has 0 unspecified atom stereocenters. The average molecular weight is 304 g/mol. The van der Waals surface area contributed by atoms with Crippen molar-refractivity contribution in [3.63, 3.8) is 0 Å². The first-order chi connectivity index (χ1) is 10.5. The summed E-state index contributed by atoms with van der Waals surface area (Å²) in [6, 6.07) is 0. The molecule has 3 aromatic rings. The maximum absolute atomic E-state index is 12.3. The van der Waals surface area contributed by atoms with Crippen molar-refractivity contribution in [1.82, 2.24) is 28.8 Å². The monoisotopic (exact) mass is 304 g/mol. The van der Waals surface area contributed by atoms with Gasteiger partial charge in [0.05, 0.1) is 12.9 Å². The fraction of sp³-hybridized carbons (Fsp3) is 0.462. The Morgan fingerprint density at radius 1 is 1.23 bits per heavy atom.